The highest BCUT2D eigenvalue weighted by molar-refractivity contribution is 5.95. The van der Waals surface area contributed by atoms with E-state index in [0.717, 1.165) is 5.56 Å². The molecule has 1 aliphatic rings. The van der Waals surface area contributed by atoms with Crippen LogP contribution in [0, 0.1) is 13.8 Å². The summed E-state index contributed by atoms with van der Waals surface area (Å²) in [5.41, 5.74) is 1.58. The highest BCUT2D eigenvalue weighted by Gasteiger charge is 2.27. The second-order valence-electron chi connectivity index (χ2n) is 7.85. The summed E-state index contributed by atoms with van der Waals surface area (Å²) in [5, 5.41) is 0. The van der Waals surface area contributed by atoms with E-state index in [9.17, 15) is 9.59 Å². The van der Waals surface area contributed by atoms with Crippen LogP contribution in [0.25, 0.3) is 0 Å². The average Bonchev–Trinajstić information content (AvgIpc) is 3.02. The Balaban J connectivity index is 1.72. The molecule has 29 heavy (non-hydrogen) atoms. The normalized spacial score (nSPS) is 19.2. The lowest BCUT2D eigenvalue weighted by Gasteiger charge is -2.35. The van der Waals surface area contributed by atoms with Crippen molar-refractivity contribution in [2.75, 3.05) is 19.6 Å². The van der Waals surface area contributed by atoms with E-state index in [2.05, 4.69) is 0 Å². The molecule has 0 radical (unpaired) electrons. The highest BCUT2D eigenvalue weighted by atomic mass is 16.5. The summed E-state index contributed by atoms with van der Waals surface area (Å²) in [6, 6.07) is 11.6. The van der Waals surface area contributed by atoms with Gasteiger partial charge >= 0.3 is 0 Å². The molecular formula is C23H30N2O4. The number of carbonyl (C=O) groups excluding carboxylic acids is 2. The molecule has 0 spiro atoms. The quantitative estimate of drug-likeness (QED) is 0.746. The fourth-order valence-electron chi connectivity index (χ4n) is 3.84. The fraction of sp³-hybridized carbons (Fsp3) is 0.478. The summed E-state index contributed by atoms with van der Waals surface area (Å²) in [7, 11) is 0. The SMILES string of the molecule is Cc1cc(C(=O)N(CCC(=O)N2CC(C)OC(C)C2)Cc2ccccc2)c(C)o1. The summed E-state index contributed by atoms with van der Waals surface area (Å²) >= 11 is 0. The molecule has 0 N–H and O–H groups in total. The largest absolute Gasteiger partial charge is 0.466 e. The highest BCUT2D eigenvalue weighted by Crippen LogP contribution is 2.19. The van der Waals surface area contributed by atoms with Crippen molar-refractivity contribution in [1.29, 1.82) is 0 Å². The number of amides is 2. The van der Waals surface area contributed by atoms with Crippen molar-refractivity contribution in [3.05, 3.63) is 59.0 Å². The summed E-state index contributed by atoms with van der Waals surface area (Å²) in [4.78, 5) is 29.6. The van der Waals surface area contributed by atoms with E-state index in [1.165, 1.54) is 0 Å². The van der Waals surface area contributed by atoms with E-state index in [4.69, 9.17) is 9.15 Å². The summed E-state index contributed by atoms with van der Waals surface area (Å²) < 4.78 is 11.3. The van der Waals surface area contributed by atoms with E-state index < -0.39 is 0 Å². The molecule has 2 amide bonds. The zero-order valence-corrected chi connectivity index (χ0v) is 17.7. The molecule has 3 rings (SSSR count). The van der Waals surface area contributed by atoms with Gasteiger partial charge in [-0.1, -0.05) is 30.3 Å². The Labute approximate surface area is 172 Å². The van der Waals surface area contributed by atoms with Gasteiger partial charge < -0.3 is 19.0 Å². The fourth-order valence-corrected chi connectivity index (χ4v) is 3.84. The van der Waals surface area contributed by atoms with E-state index in [1.807, 2.05) is 56.0 Å². The molecule has 2 unspecified atom stereocenters. The maximum absolute atomic E-state index is 13.2. The lowest BCUT2D eigenvalue weighted by molar-refractivity contribution is -0.143. The Kier molecular flexibility index (Phi) is 6.75. The Morgan fingerprint density at radius 2 is 1.76 bits per heavy atom. The molecular weight excluding hydrogens is 368 g/mol. The monoisotopic (exact) mass is 398 g/mol. The van der Waals surface area contributed by atoms with Gasteiger partial charge in [0.15, 0.2) is 0 Å². The number of ether oxygens (including phenoxy) is 1. The molecule has 1 aromatic carbocycles. The third-order valence-electron chi connectivity index (χ3n) is 5.14. The zero-order chi connectivity index (χ0) is 21.0. The Morgan fingerprint density at radius 3 is 2.34 bits per heavy atom. The third kappa shape index (κ3) is 5.48. The molecule has 2 aromatic rings. The van der Waals surface area contributed by atoms with Gasteiger partial charge in [0.1, 0.15) is 11.5 Å². The van der Waals surface area contributed by atoms with E-state index in [1.54, 1.807) is 17.9 Å². The molecule has 0 aliphatic carbocycles. The minimum absolute atomic E-state index is 0.0290. The van der Waals surface area contributed by atoms with Crippen LogP contribution in [-0.2, 0) is 16.1 Å². The van der Waals surface area contributed by atoms with E-state index in [-0.39, 0.29) is 30.4 Å². The molecule has 6 nitrogen and oxygen atoms in total. The lowest BCUT2D eigenvalue weighted by Crippen LogP contribution is -2.49. The van der Waals surface area contributed by atoms with Crippen LogP contribution in [0.3, 0.4) is 0 Å². The van der Waals surface area contributed by atoms with Gasteiger partial charge in [-0.2, -0.15) is 0 Å². The molecule has 1 aliphatic heterocycles. The summed E-state index contributed by atoms with van der Waals surface area (Å²) in [5.74, 6) is 1.25. The molecule has 2 heterocycles. The van der Waals surface area contributed by atoms with Crippen LogP contribution >= 0.6 is 0 Å². The van der Waals surface area contributed by atoms with Crippen molar-refractivity contribution >= 4 is 11.8 Å². The minimum Gasteiger partial charge on any atom is -0.466 e. The predicted octanol–water partition coefficient (Wildman–Crippen LogP) is 3.56. The first-order chi connectivity index (χ1) is 13.8. The Morgan fingerprint density at radius 1 is 1.10 bits per heavy atom. The predicted molar refractivity (Wildman–Crippen MR) is 111 cm³/mol. The van der Waals surface area contributed by atoms with E-state index in [0.29, 0.717) is 43.3 Å². The number of rotatable bonds is 6. The molecule has 1 saturated heterocycles. The first-order valence-electron chi connectivity index (χ1n) is 10.2. The van der Waals surface area contributed by atoms with Crippen molar-refractivity contribution in [1.82, 2.24) is 9.80 Å². The average molecular weight is 399 g/mol. The molecule has 1 aromatic heterocycles. The number of morpholine rings is 1. The van der Waals surface area contributed by atoms with Gasteiger partial charge in [0.25, 0.3) is 5.91 Å². The summed E-state index contributed by atoms with van der Waals surface area (Å²) in [6.07, 6.45) is 0.344. The molecule has 1 fully saturated rings. The Bertz CT molecular complexity index is 836. The molecule has 2 atom stereocenters. The number of carbonyl (C=O) groups is 2. The van der Waals surface area contributed by atoms with Crippen molar-refractivity contribution < 1.29 is 18.7 Å². The maximum Gasteiger partial charge on any atom is 0.257 e. The van der Waals surface area contributed by atoms with Gasteiger partial charge in [-0.05, 0) is 39.3 Å². The topological polar surface area (TPSA) is 63.0 Å². The standard InChI is InChI=1S/C23H30N2O4/c1-16-12-21(19(4)29-16)23(27)24(15-20-8-6-5-7-9-20)11-10-22(26)25-13-17(2)28-18(3)14-25/h5-9,12,17-18H,10-11,13-15H2,1-4H3. The number of aryl methyl sites for hydroxylation is 2. The Hall–Kier alpha value is -2.60. The van der Waals surface area contributed by atoms with Crippen molar-refractivity contribution in [2.24, 2.45) is 0 Å². The van der Waals surface area contributed by atoms with Gasteiger partial charge in [-0.25, -0.2) is 0 Å². The first kappa shape index (κ1) is 21.1. The van der Waals surface area contributed by atoms with Crippen LogP contribution in [0.5, 0.6) is 0 Å². The van der Waals surface area contributed by atoms with Gasteiger partial charge in [-0.15, -0.1) is 0 Å². The van der Waals surface area contributed by atoms with Gasteiger partial charge in [0.2, 0.25) is 5.91 Å². The summed E-state index contributed by atoms with van der Waals surface area (Å²) in [6.45, 7) is 9.57. The zero-order valence-electron chi connectivity index (χ0n) is 17.7. The smallest absolute Gasteiger partial charge is 0.257 e. The maximum atomic E-state index is 13.2. The molecule has 156 valence electrons. The lowest BCUT2D eigenvalue weighted by atomic mass is 10.1. The molecule has 0 saturated carbocycles. The number of hydrogen-bond donors (Lipinski definition) is 0. The molecule has 6 heteroatoms. The third-order valence-corrected chi connectivity index (χ3v) is 5.14. The minimum atomic E-state index is -0.111. The van der Waals surface area contributed by atoms with Crippen LogP contribution in [0.15, 0.2) is 40.8 Å². The number of hydrogen-bond acceptors (Lipinski definition) is 4. The van der Waals surface area contributed by atoms with Crippen molar-refractivity contribution in [3.63, 3.8) is 0 Å². The van der Waals surface area contributed by atoms with Gasteiger partial charge in [0, 0.05) is 32.6 Å². The van der Waals surface area contributed by atoms with E-state index >= 15 is 0 Å². The van der Waals surface area contributed by atoms with Crippen LogP contribution in [0.1, 0.15) is 47.7 Å². The van der Waals surface area contributed by atoms with Gasteiger partial charge in [0.05, 0.1) is 17.8 Å². The van der Waals surface area contributed by atoms with Gasteiger partial charge in [-0.3, -0.25) is 9.59 Å². The second kappa shape index (κ2) is 9.27. The van der Waals surface area contributed by atoms with Crippen LogP contribution in [0.2, 0.25) is 0 Å². The molecule has 0 bridgehead atoms. The van der Waals surface area contributed by atoms with Crippen LogP contribution in [-0.4, -0.2) is 53.5 Å². The van der Waals surface area contributed by atoms with Crippen LogP contribution in [0.4, 0.5) is 0 Å². The number of nitrogens with zero attached hydrogens (tertiary/aromatic N) is 2. The second-order valence-corrected chi connectivity index (χ2v) is 7.85. The van der Waals surface area contributed by atoms with Crippen molar-refractivity contribution in [2.45, 2.75) is 52.9 Å². The number of furan rings is 1. The van der Waals surface area contributed by atoms with Crippen LogP contribution < -0.4 is 0 Å². The first-order valence-corrected chi connectivity index (χ1v) is 10.2. The number of benzene rings is 1. The van der Waals surface area contributed by atoms with Crippen molar-refractivity contribution in [3.8, 4) is 0 Å².